The molecule has 146 valence electrons. The summed E-state index contributed by atoms with van der Waals surface area (Å²) in [6, 6.07) is 17.3. The first-order valence-electron chi connectivity index (χ1n) is 9.78. The average Bonchev–Trinajstić information content (AvgIpc) is 2.75. The molecular weight excluding hydrogens is 350 g/mol. The van der Waals surface area contributed by atoms with Crippen LogP contribution in [0.1, 0.15) is 29.8 Å². The predicted molar refractivity (Wildman–Crippen MR) is 113 cm³/mol. The van der Waals surface area contributed by atoms with Crippen molar-refractivity contribution >= 4 is 16.8 Å². The molecule has 0 saturated heterocycles. The monoisotopic (exact) mass is 377 g/mol. The molecule has 0 bridgehead atoms. The third-order valence-corrected chi connectivity index (χ3v) is 4.87. The van der Waals surface area contributed by atoms with E-state index in [1.54, 1.807) is 12.3 Å². The molecule has 0 fully saturated rings. The van der Waals surface area contributed by atoms with E-state index in [-0.39, 0.29) is 5.91 Å². The van der Waals surface area contributed by atoms with Crippen molar-refractivity contribution in [3.8, 4) is 5.75 Å². The van der Waals surface area contributed by atoms with Crippen LogP contribution in [-0.4, -0.2) is 42.0 Å². The number of aromatic nitrogens is 1. The molecule has 3 rings (SSSR count). The van der Waals surface area contributed by atoms with Crippen LogP contribution in [0.15, 0.2) is 60.8 Å². The number of hydrogen-bond donors (Lipinski definition) is 1. The third kappa shape index (κ3) is 4.87. The molecule has 1 heterocycles. The Balaban J connectivity index is 1.65. The molecule has 0 aliphatic rings. The Bertz CT molecular complexity index is 917. The van der Waals surface area contributed by atoms with Crippen LogP contribution in [0.25, 0.3) is 10.9 Å². The fourth-order valence-electron chi connectivity index (χ4n) is 3.18. The van der Waals surface area contributed by atoms with Gasteiger partial charge in [-0.3, -0.25) is 9.78 Å². The van der Waals surface area contributed by atoms with Gasteiger partial charge in [-0.15, -0.1) is 0 Å². The van der Waals surface area contributed by atoms with Crippen LogP contribution in [-0.2, 0) is 6.54 Å². The van der Waals surface area contributed by atoms with Crippen molar-refractivity contribution in [3.05, 3.63) is 71.9 Å². The lowest BCUT2D eigenvalue weighted by Gasteiger charge is -2.19. The van der Waals surface area contributed by atoms with Crippen LogP contribution in [0.4, 0.5) is 0 Å². The van der Waals surface area contributed by atoms with Gasteiger partial charge in [-0.2, -0.15) is 0 Å². The summed E-state index contributed by atoms with van der Waals surface area (Å²) in [5.74, 6) is 0.700. The second kappa shape index (κ2) is 9.85. The van der Waals surface area contributed by atoms with Gasteiger partial charge >= 0.3 is 0 Å². The van der Waals surface area contributed by atoms with E-state index >= 15 is 0 Å². The van der Waals surface area contributed by atoms with Crippen molar-refractivity contribution in [3.63, 3.8) is 0 Å². The highest BCUT2D eigenvalue weighted by Crippen LogP contribution is 2.19. The SMILES string of the molecule is CCN(CC)CCOc1ccccc1CNC(=O)c1ccnc2ccccc12. The van der Waals surface area contributed by atoms with Crippen molar-refractivity contribution in [2.75, 3.05) is 26.2 Å². The zero-order valence-electron chi connectivity index (χ0n) is 16.5. The number of carbonyl (C=O) groups is 1. The predicted octanol–water partition coefficient (Wildman–Crippen LogP) is 3.89. The topological polar surface area (TPSA) is 54.5 Å². The minimum absolute atomic E-state index is 0.114. The summed E-state index contributed by atoms with van der Waals surface area (Å²) >= 11 is 0. The van der Waals surface area contributed by atoms with Crippen LogP contribution in [0.3, 0.4) is 0 Å². The molecule has 0 radical (unpaired) electrons. The molecule has 5 heteroatoms. The number of para-hydroxylation sites is 2. The van der Waals surface area contributed by atoms with Crippen LogP contribution in [0, 0.1) is 0 Å². The van der Waals surface area contributed by atoms with E-state index in [4.69, 9.17) is 4.74 Å². The molecule has 2 aromatic carbocycles. The van der Waals surface area contributed by atoms with Crippen molar-refractivity contribution in [1.29, 1.82) is 0 Å². The van der Waals surface area contributed by atoms with Gasteiger partial charge in [-0.25, -0.2) is 0 Å². The number of amides is 1. The maximum absolute atomic E-state index is 12.7. The van der Waals surface area contributed by atoms with Gasteiger partial charge in [0.2, 0.25) is 0 Å². The number of fused-ring (bicyclic) bond motifs is 1. The molecule has 28 heavy (non-hydrogen) atoms. The summed E-state index contributed by atoms with van der Waals surface area (Å²) in [4.78, 5) is 19.4. The Morgan fingerprint density at radius 1 is 1.04 bits per heavy atom. The average molecular weight is 377 g/mol. The van der Waals surface area contributed by atoms with Crippen LogP contribution < -0.4 is 10.1 Å². The first kappa shape index (κ1) is 19.8. The van der Waals surface area contributed by atoms with E-state index in [1.165, 1.54) is 0 Å². The standard InChI is InChI=1S/C23H27N3O2/c1-3-26(4-2)15-16-28-22-12-8-5-9-18(22)17-25-23(27)20-13-14-24-21-11-7-6-10-19(20)21/h5-14H,3-4,15-17H2,1-2H3,(H,25,27). The van der Waals surface area contributed by atoms with Gasteiger partial charge in [0.1, 0.15) is 12.4 Å². The van der Waals surface area contributed by atoms with Gasteiger partial charge in [0.15, 0.2) is 0 Å². The maximum atomic E-state index is 12.7. The maximum Gasteiger partial charge on any atom is 0.252 e. The van der Waals surface area contributed by atoms with E-state index in [0.29, 0.717) is 18.7 Å². The van der Waals surface area contributed by atoms with Crippen LogP contribution in [0.5, 0.6) is 5.75 Å². The minimum atomic E-state index is -0.114. The fraction of sp³-hybridized carbons (Fsp3) is 0.304. The van der Waals surface area contributed by atoms with Gasteiger partial charge in [0.25, 0.3) is 5.91 Å². The molecule has 0 spiro atoms. The quantitative estimate of drug-likeness (QED) is 0.615. The highest BCUT2D eigenvalue weighted by molar-refractivity contribution is 6.05. The number of benzene rings is 2. The summed E-state index contributed by atoms with van der Waals surface area (Å²) < 4.78 is 5.98. The lowest BCUT2D eigenvalue weighted by atomic mass is 10.1. The molecule has 3 aromatic rings. The summed E-state index contributed by atoms with van der Waals surface area (Å²) in [6.07, 6.45) is 1.67. The fourth-order valence-corrected chi connectivity index (χ4v) is 3.18. The Hall–Kier alpha value is -2.92. The normalized spacial score (nSPS) is 11.0. The number of ether oxygens (including phenoxy) is 1. The number of carbonyl (C=O) groups excluding carboxylic acids is 1. The molecule has 0 saturated carbocycles. The summed E-state index contributed by atoms with van der Waals surface area (Å²) in [5, 5.41) is 3.87. The molecule has 1 N–H and O–H groups in total. The van der Waals surface area contributed by atoms with Gasteiger partial charge in [0, 0.05) is 30.2 Å². The van der Waals surface area contributed by atoms with Crippen LogP contribution in [0.2, 0.25) is 0 Å². The number of nitrogens with zero attached hydrogens (tertiary/aromatic N) is 2. The number of hydrogen-bond acceptors (Lipinski definition) is 4. The highest BCUT2D eigenvalue weighted by atomic mass is 16.5. The molecule has 0 aliphatic heterocycles. The van der Waals surface area contributed by atoms with Gasteiger partial charge < -0.3 is 15.0 Å². The number of nitrogens with one attached hydrogen (secondary N) is 1. The number of rotatable bonds is 9. The zero-order valence-corrected chi connectivity index (χ0v) is 16.5. The molecule has 1 aromatic heterocycles. The highest BCUT2D eigenvalue weighted by Gasteiger charge is 2.11. The molecule has 5 nitrogen and oxygen atoms in total. The molecule has 0 unspecified atom stereocenters. The van der Waals surface area contributed by atoms with E-state index in [2.05, 4.69) is 29.0 Å². The van der Waals surface area contributed by atoms with Crippen molar-refractivity contribution in [2.24, 2.45) is 0 Å². The second-order valence-electron chi connectivity index (χ2n) is 6.54. The molecular formula is C23H27N3O2. The van der Waals surface area contributed by atoms with Crippen molar-refractivity contribution in [1.82, 2.24) is 15.2 Å². The van der Waals surface area contributed by atoms with Crippen molar-refractivity contribution < 1.29 is 9.53 Å². The largest absolute Gasteiger partial charge is 0.492 e. The Labute approximate surface area is 166 Å². The summed E-state index contributed by atoms with van der Waals surface area (Å²) in [6.45, 7) is 8.25. The smallest absolute Gasteiger partial charge is 0.252 e. The van der Waals surface area contributed by atoms with Crippen LogP contribution >= 0.6 is 0 Å². The first-order valence-corrected chi connectivity index (χ1v) is 9.78. The minimum Gasteiger partial charge on any atom is -0.492 e. The van der Waals surface area contributed by atoms with Gasteiger partial charge in [-0.1, -0.05) is 50.2 Å². The number of likely N-dealkylation sites (N-methyl/N-ethyl adjacent to an activating group) is 1. The van der Waals surface area contributed by atoms with Gasteiger partial charge in [0.05, 0.1) is 11.1 Å². The van der Waals surface area contributed by atoms with E-state index in [0.717, 1.165) is 41.9 Å². The van der Waals surface area contributed by atoms with E-state index < -0.39 is 0 Å². The molecule has 1 amide bonds. The van der Waals surface area contributed by atoms with E-state index in [1.807, 2.05) is 48.5 Å². The zero-order chi connectivity index (χ0) is 19.8. The summed E-state index contributed by atoms with van der Waals surface area (Å²) in [5.41, 5.74) is 2.41. The Kier molecular flexibility index (Phi) is 6.98. The third-order valence-electron chi connectivity index (χ3n) is 4.87. The van der Waals surface area contributed by atoms with Crippen molar-refractivity contribution in [2.45, 2.75) is 20.4 Å². The number of pyridine rings is 1. The summed E-state index contributed by atoms with van der Waals surface area (Å²) in [7, 11) is 0. The Morgan fingerprint density at radius 3 is 2.61 bits per heavy atom. The Morgan fingerprint density at radius 2 is 1.79 bits per heavy atom. The van der Waals surface area contributed by atoms with Gasteiger partial charge in [-0.05, 0) is 31.3 Å². The molecule has 0 aliphatic carbocycles. The van der Waals surface area contributed by atoms with E-state index in [9.17, 15) is 4.79 Å². The molecule has 0 atom stereocenters. The lowest BCUT2D eigenvalue weighted by molar-refractivity contribution is 0.0952. The lowest BCUT2D eigenvalue weighted by Crippen LogP contribution is -2.28. The second-order valence-corrected chi connectivity index (χ2v) is 6.54. The first-order chi connectivity index (χ1) is 13.7.